The normalized spacial score (nSPS) is 19.4. The molecular weight excluding hydrogens is 452 g/mol. The lowest BCUT2D eigenvalue weighted by molar-refractivity contribution is -0.140. The van der Waals surface area contributed by atoms with Crippen LogP contribution in [0.4, 0.5) is 0 Å². The van der Waals surface area contributed by atoms with Crippen molar-refractivity contribution in [3.63, 3.8) is 0 Å². The number of guanidine groups is 1. The highest BCUT2D eigenvalue weighted by atomic mass is 16.2. The van der Waals surface area contributed by atoms with Crippen LogP contribution >= 0.6 is 0 Å². The molecule has 2 aliphatic rings. The monoisotopic (exact) mass is 486 g/mol. The quantitative estimate of drug-likeness (QED) is 0.271. The Morgan fingerprint density at radius 2 is 1.67 bits per heavy atom. The molecule has 4 rings (SSSR count). The van der Waals surface area contributed by atoms with Crippen LogP contribution in [0.25, 0.3) is 0 Å². The molecule has 188 valence electrons. The average Bonchev–Trinajstić information content (AvgIpc) is 3.40. The van der Waals surface area contributed by atoms with Crippen molar-refractivity contribution in [3.8, 4) is 6.19 Å². The van der Waals surface area contributed by atoms with E-state index in [9.17, 15) is 14.9 Å². The Bertz CT molecular complexity index is 1080. The molecule has 0 spiro atoms. The molecule has 2 unspecified atom stereocenters. The molecule has 2 amide bonds. The number of nitrogens with zero attached hydrogens (tertiary/aromatic N) is 4. The van der Waals surface area contributed by atoms with Crippen LogP contribution in [0.3, 0.4) is 0 Å². The number of rotatable bonds is 7. The van der Waals surface area contributed by atoms with Gasteiger partial charge in [-0.1, -0.05) is 60.7 Å². The topological polar surface area (TPSA) is 101 Å². The van der Waals surface area contributed by atoms with Crippen LogP contribution in [0, 0.1) is 11.5 Å². The van der Waals surface area contributed by atoms with E-state index in [1.807, 2.05) is 59.6 Å². The first-order valence-electron chi connectivity index (χ1n) is 12.8. The van der Waals surface area contributed by atoms with Gasteiger partial charge in [0, 0.05) is 19.6 Å². The predicted octanol–water partition coefficient (Wildman–Crippen LogP) is 2.99. The number of aliphatic imine (C=N–C) groups is 1. The smallest absolute Gasteiger partial charge is 0.247 e. The van der Waals surface area contributed by atoms with Crippen molar-refractivity contribution in [2.45, 2.75) is 50.6 Å². The van der Waals surface area contributed by atoms with Crippen LogP contribution in [-0.2, 0) is 16.0 Å². The number of hydrogen-bond donors (Lipinski definition) is 2. The van der Waals surface area contributed by atoms with Crippen LogP contribution < -0.4 is 10.6 Å². The number of hydrogen-bond acceptors (Lipinski definition) is 4. The fourth-order valence-corrected chi connectivity index (χ4v) is 4.86. The molecule has 0 aliphatic carbocycles. The molecule has 0 aromatic heterocycles. The number of nitrogens with one attached hydrogen (secondary N) is 2. The summed E-state index contributed by atoms with van der Waals surface area (Å²) in [5.74, 6) is 0.123. The van der Waals surface area contributed by atoms with Gasteiger partial charge in [0.15, 0.2) is 6.19 Å². The Balaban J connectivity index is 1.52. The van der Waals surface area contributed by atoms with Crippen molar-refractivity contribution >= 4 is 17.8 Å². The Labute approximate surface area is 213 Å². The maximum Gasteiger partial charge on any atom is 0.247 e. The molecule has 36 heavy (non-hydrogen) atoms. The summed E-state index contributed by atoms with van der Waals surface area (Å²) >= 11 is 0. The summed E-state index contributed by atoms with van der Waals surface area (Å²) in [5, 5.41) is 15.5. The van der Waals surface area contributed by atoms with Crippen LogP contribution in [0.15, 0.2) is 65.7 Å². The van der Waals surface area contributed by atoms with Gasteiger partial charge in [-0.15, -0.1) is 0 Å². The number of amides is 2. The van der Waals surface area contributed by atoms with Gasteiger partial charge in [-0.05, 0) is 49.7 Å². The maximum absolute atomic E-state index is 13.4. The molecule has 2 heterocycles. The summed E-state index contributed by atoms with van der Waals surface area (Å²) in [7, 11) is 0. The van der Waals surface area contributed by atoms with Gasteiger partial charge >= 0.3 is 0 Å². The van der Waals surface area contributed by atoms with Crippen molar-refractivity contribution in [2.75, 3.05) is 26.2 Å². The lowest BCUT2D eigenvalue weighted by Gasteiger charge is -2.26. The third-order valence-electron chi connectivity index (χ3n) is 6.79. The number of carbonyl (C=O) groups is 2. The van der Waals surface area contributed by atoms with E-state index in [4.69, 9.17) is 0 Å². The van der Waals surface area contributed by atoms with Gasteiger partial charge in [-0.2, -0.15) is 5.26 Å². The van der Waals surface area contributed by atoms with Crippen LogP contribution in [0.2, 0.25) is 0 Å². The van der Waals surface area contributed by atoms with E-state index in [1.54, 1.807) is 4.90 Å². The number of benzene rings is 2. The highest BCUT2D eigenvalue weighted by Gasteiger charge is 2.30. The number of carbonyl (C=O) groups excluding carboxylic acids is 2. The van der Waals surface area contributed by atoms with Crippen LogP contribution in [-0.4, -0.2) is 59.8 Å². The Morgan fingerprint density at radius 3 is 2.36 bits per heavy atom. The van der Waals surface area contributed by atoms with Gasteiger partial charge in [-0.25, -0.2) is 4.99 Å². The highest BCUT2D eigenvalue weighted by molar-refractivity contribution is 5.91. The van der Waals surface area contributed by atoms with Crippen molar-refractivity contribution in [3.05, 3.63) is 71.8 Å². The minimum absolute atomic E-state index is 0.00554. The number of likely N-dealkylation sites (tertiary alicyclic amines) is 2. The van der Waals surface area contributed by atoms with E-state index >= 15 is 0 Å². The maximum atomic E-state index is 13.4. The second-order valence-electron chi connectivity index (χ2n) is 9.37. The van der Waals surface area contributed by atoms with Gasteiger partial charge in [0.2, 0.25) is 17.8 Å². The van der Waals surface area contributed by atoms with Gasteiger partial charge < -0.3 is 15.1 Å². The molecule has 0 saturated carbocycles. The van der Waals surface area contributed by atoms with Crippen molar-refractivity contribution in [2.24, 2.45) is 4.99 Å². The summed E-state index contributed by atoms with van der Waals surface area (Å²) in [6.07, 6.45) is 6.94. The minimum atomic E-state index is -0.643. The van der Waals surface area contributed by atoms with Crippen molar-refractivity contribution in [1.82, 2.24) is 20.4 Å². The molecule has 2 aromatic carbocycles. The largest absolute Gasteiger partial charge is 0.348 e. The predicted molar refractivity (Wildman–Crippen MR) is 139 cm³/mol. The SMILES string of the molecule is N#CNC(=NC1CCCCN(CC(=O)N2CCCC2)C1=O)NC(Cc1ccccc1)c1ccccc1. The molecule has 2 fully saturated rings. The van der Waals surface area contributed by atoms with Crippen molar-refractivity contribution in [1.29, 1.82) is 5.26 Å². The summed E-state index contributed by atoms with van der Waals surface area (Å²) < 4.78 is 0. The zero-order valence-electron chi connectivity index (χ0n) is 20.6. The van der Waals surface area contributed by atoms with Crippen molar-refractivity contribution < 1.29 is 9.59 Å². The Kier molecular flexibility index (Phi) is 8.92. The first-order valence-corrected chi connectivity index (χ1v) is 12.8. The Hall–Kier alpha value is -3.86. The molecule has 2 aromatic rings. The molecule has 0 bridgehead atoms. The third kappa shape index (κ3) is 6.85. The second-order valence-corrected chi connectivity index (χ2v) is 9.37. The fraction of sp³-hybridized carbons (Fsp3) is 0.429. The van der Waals surface area contributed by atoms with Gasteiger partial charge in [-0.3, -0.25) is 14.9 Å². The van der Waals surface area contributed by atoms with Gasteiger partial charge in [0.25, 0.3) is 0 Å². The summed E-state index contributed by atoms with van der Waals surface area (Å²) in [4.78, 5) is 34.3. The van der Waals surface area contributed by atoms with E-state index in [0.29, 0.717) is 19.4 Å². The molecule has 2 atom stereocenters. The second kappa shape index (κ2) is 12.7. The van der Waals surface area contributed by atoms with E-state index in [2.05, 4.69) is 27.8 Å². The third-order valence-corrected chi connectivity index (χ3v) is 6.79. The molecule has 2 saturated heterocycles. The van der Waals surface area contributed by atoms with Crippen LogP contribution in [0.1, 0.15) is 49.3 Å². The summed E-state index contributed by atoms with van der Waals surface area (Å²) in [6.45, 7) is 2.19. The molecular formula is C28H34N6O2. The minimum Gasteiger partial charge on any atom is -0.348 e. The van der Waals surface area contributed by atoms with E-state index < -0.39 is 6.04 Å². The average molecular weight is 487 g/mol. The summed E-state index contributed by atoms with van der Waals surface area (Å²) in [5.41, 5.74) is 2.20. The first-order chi connectivity index (χ1) is 17.6. The lowest BCUT2D eigenvalue weighted by atomic mass is 9.99. The molecule has 0 radical (unpaired) electrons. The fourth-order valence-electron chi connectivity index (χ4n) is 4.86. The van der Waals surface area contributed by atoms with E-state index in [1.165, 1.54) is 0 Å². The highest BCUT2D eigenvalue weighted by Crippen LogP contribution is 2.20. The zero-order valence-corrected chi connectivity index (χ0v) is 20.6. The first kappa shape index (κ1) is 25.2. The number of nitriles is 1. The standard InChI is InChI=1S/C28H34N6O2/c29-21-30-28(32-25(23-13-5-2-6-14-23)19-22-11-3-1-4-12-22)31-24-15-7-8-18-34(27(24)36)20-26(35)33-16-9-10-17-33/h1-6,11-14,24-25H,7-10,15-20H2,(H2,30,31,32). The van der Waals surface area contributed by atoms with Crippen LogP contribution in [0.5, 0.6) is 0 Å². The molecule has 8 heteroatoms. The molecule has 8 nitrogen and oxygen atoms in total. The Morgan fingerprint density at radius 1 is 1.00 bits per heavy atom. The van der Waals surface area contributed by atoms with Gasteiger partial charge in [0.1, 0.15) is 6.04 Å². The zero-order chi connectivity index (χ0) is 25.2. The van der Waals surface area contributed by atoms with Gasteiger partial charge in [0.05, 0.1) is 12.6 Å². The lowest BCUT2D eigenvalue weighted by Crippen LogP contribution is -2.46. The summed E-state index contributed by atoms with van der Waals surface area (Å²) in [6, 6.07) is 19.3. The molecule has 2 N–H and O–H groups in total. The van der Waals surface area contributed by atoms with E-state index in [-0.39, 0.29) is 30.4 Å². The van der Waals surface area contributed by atoms with E-state index in [0.717, 1.165) is 49.9 Å². The molecule has 2 aliphatic heterocycles.